The lowest BCUT2D eigenvalue weighted by atomic mass is 10.4. The van der Waals surface area contributed by atoms with E-state index in [2.05, 4.69) is 11.9 Å². The highest BCUT2D eigenvalue weighted by Crippen LogP contribution is 1.94. The summed E-state index contributed by atoms with van der Waals surface area (Å²) in [6.45, 7) is 9.09. The van der Waals surface area contributed by atoms with Gasteiger partial charge in [0.1, 0.15) is 0 Å². The summed E-state index contributed by atoms with van der Waals surface area (Å²) in [5.74, 6) is 0.394. The molecule has 4 nitrogen and oxygen atoms in total. The molecule has 0 heterocycles. The molecule has 0 aliphatic carbocycles. The van der Waals surface area contributed by atoms with Crippen LogP contribution in [0.3, 0.4) is 0 Å². The Morgan fingerprint density at radius 1 is 1.44 bits per heavy atom. The molecule has 1 unspecified atom stereocenters. The topological polar surface area (TPSA) is 55.4 Å². The summed E-state index contributed by atoms with van der Waals surface area (Å²) < 4.78 is 27.9. The number of hydrogen-bond acceptors (Lipinski definition) is 4. The molecule has 16 heavy (non-hydrogen) atoms. The second kappa shape index (κ2) is 8.73. The van der Waals surface area contributed by atoms with Crippen molar-refractivity contribution in [3.8, 4) is 0 Å². The van der Waals surface area contributed by atoms with Crippen LogP contribution < -0.4 is 5.32 Å². The van der Waals surface area contributed by atoms with Crippen LogP contribution in [-0.4, -0.2) is 45.7 Å². The molecule has 0 radical (unpaired) electrons. The van der Waals surface area contributed by atoms with E-state index >= 15 is 0 Å². The number of nitrogens with one attached hydrogen (secondary N) is 1. The minimum Gasteiger partial charge on any atom is -0.380 e. The standard InChI is InChI=1S/C11H23NO3S/c1-4-6-8-15-9-7-12-11(3)10-16(13,14)5-2/h4,11-12H,1,5-10H2,2-3H3. The third kappa shape index (κ3) is 8.88. The van der Waals surface area contributed by atoms with E-state index in [1.54, 1.807) is 6.92 Å². The van der Waals surface area contributed by atoms with Gasteiger partial charge in [-0.05, 0) is 13.3 Å². The molecule has 0 rings (SSSR count). The normalized spacial score (nSPS) is 13.6. The molecule has 5 heteroatoms. The molecule has 0 fully saturated rings. The van der Waals surface area contributed by atoms with Gasteiger partial charge in [-0.3, -0.25) is 0 Å². The summed E-state index contributed by atoms with van der Waals surface area (Å²) in [7, 11) is -2.89. The van der Waals surface area contributed by atoms with Crippen LogP contribution in [0.4, 0.5) is 0 Å². The Hall–Kier alpha value is -0.390. The first-order valence-corrected chi connectivity index (χ1v) is 7.46. The van der Waals surface area contributed by atoms with E-state index in [-0.39, 0.29) is 17.5 Å². The largest absolute Gasteiger partial charge is 0.380 e. The third-order valence-corrected chi connectivity index (χ3v) is 4.04. The number of hydrogen-bond donors (Lipinski definition) is 1. The van der Waals surface area contributed by atoms with Crippen molar-refractivity contribution < 1.29 is 13.2 Å². The highest BCUT2D eigenvalue weighted by Gasteiger charge is 2.12. The molecule has 0 aromatic rings. The van der Waals surface area contributed by atoms with Crippen molar-refractivity contribution >= 4 is 9.84 Å². The zero-order valence-corrected chi connectivity index (χ0v) is 11.1. The van der Waals surface area contributed by atoms with E-state index in [9.17, 15) is 8.42 Å². The summed E-state index contributed by atoms with van der Waals surface area (Å²) in [6.07, 6.45) is 2.66. The summed E-state index contributed by atoms with van der Waals surface area (Å²) in [4.78, 5) is 0. The van der Waals surface area contributed by atoms with Crippen molar-refractivity contribution in [3.05, 3.63) is 12.7 Å². The quantitative estimate of drug-likeness (QED) is 0.463. The lowest BCUT2D eigenvalue weighted by Crippen LogP contribution is -2.35. The molecular formula is C11H23NO3S. The van der Waals surface area contributed by atoms with Gasteiger partial charge >= 0.3 is 0 Å². The van der Waals surface area contributed by atoms with Crippen LogP contribution in [0.1, 0.15) is 20.3 Å². The van der Waals surface area contributed by atoms with Gasteiger partial charge in [0, 0.05) is 18.3 Å². The van der Waals surface area contributed by atoms with Gasteiger partial charge in [0.2, 0.25) is 0 Å². The molecule has 1 atom stereocenters. The Bertz CT molecular complexity index is 275. The Morgan fingerprint density at radius 2 is 2.12 bits per heavy atom. The second-order valence-corrected chi connectivity index (χ2v) is 6.14. The van der Waals surface area contributed by atoms with Crippen LogP contribution in [-0.2, 0) is 14.6 Å². The van der Waals surface area contributed by atoms with Crippen LogP contribution in [0.5, 0.6) is 0 Å². The van der Waals surface area contributed by atoms with E-state index in [1.165, 1.54) is 0 Å². The van der Waals surface area contributed by atoms with Crippen LogP contribution in [0.2, 0.25) is 0 Å². The van der Waals surface area contributed by atoms with E-state index in [0.717, 1.165) is 6.42 Å². The third-order valence-electron chi connectivity index (χ3n) is 2.15. The molecule has 0 amide bonds. The zero-order chi connectivity index (χ0) is 12.4. The van der Waals surface area contributed by atoms with Crippen molar-refractivity contribution in [1.82, 2.24) is 5.32 Å². The summed E-state index contributed by atoms with van der Waals surface area (Å²) in [5, 5.41) is 3.12. The predicted octanol–water partition coefficient (Wildman–Crippen LogP) is 0.992. The number of sulfone groups is 1. The molecule has 1 N–H and O–H groups in total. The number of ether oxygens (including phenoxy) is 1. The van der Waals surface area contributed by atoms with Crippen molar-refractivity contribution in [2.45, 2.75) is 26.3 Å². The van der Waals surface area contributed by atoms with E-state index in [4.69, 9.17) is 4.74 Å². The zero-order valence-electron chi connectivity index (χ0n) is 10.2. The first-order chi connectivity index (χ1) is 7.52. The Morgan fingerprint density at radius 3 is 2.69 bits per heavy atom. The maximum Gasteiger partial charge on any atom is 0.151 e. The Labute approximate surface area is 99.0 Å². The van der Waals surface area contributed by atoms with Crippen molar-refractivity contribution in [3.63, 3.8) is 0 Å². The van der Waals surface area contributed by atoms with Crippen LogP contribution in [0.25, 0.3) is 0 Å². The van der Waals surface area contributed by atoms with Crippen LogP contribution in [0.15, 0.2) is 12.7 Å². The molecule has 0 saturated heterocycles. The molecule has 0 aliphatic heterocycles. The average molecular weight is 249 g/mol. The Balaban J connectivity index is 3.51. The maximum atomic E-state index is 11.3. The molecule has 0 aromatic carbocycles. The molecule has 0 saturated carbocycles. The summed E-state index contributed by atoms with van der Waals surface area (Å²) >= 11 is 0. The van der Waals surface area contributed by atoms with E-state index < -0.39 is 9.84 Å². The molecule has 0 aliphatic rings. The minimum atomic E-state index is -2.89. The van der Waals surface area contributed by atoms with Gasteiger partial charge in [0.15, 0.2) is 9.84 Å². The summed E-state index contributed by atoms with van der Waals surface area (Å²) in [5.41, 5.74) is 0. The van der Waals surface area contributed by atoms with Gasteiger partial charge < -0.3 is 10.1 Å². The molecule has 0 aromatic heterocycles. The SMILES string of the molecule is C=CCCOCCNC(C)CS(=O)(=O)CC. The smallest absolute Gasteiger partial charge is 0.151 e. The molecule has 0 bridgehead atoms. The first-order valence-electron chi connectivity index (χ1n) is 5.64. The predicted molar refractivity (Wildman–Crippen MR) is 67.4 cm³/mol. The fraction of sp³-hybridized carbons (Fsp3) is 0.818. The highest BCUT2D eigenvalue weighted by molar-refractivity contribution is 7.91. The molecule has 0 spiro atoms. The lowest BCUT2D eigenvalue weighted by molar-refractivity contribution is 0.139. The fourth-order valence-electron chi connectivity index (χ4n) is 1.20. The second-order valence-electron chi connectivity index (χ2n) is 3.74. The van der Waals surface area contributed by atoms with Crippen molar-refractivity contribution in [2.24, 2.45) is 0 Å². The Kier molecular flexibility index (Phi) is 8.51. The van der Waals surface area contributed by atoms with Gasteiger partial charge in [-0.15, -0.1) is 6.58 Å². The van der Waals surface area contributed by atoms with E-state index in [1.807, 2.05) is 13.0 Å². The van der Waals surface area contributed by atoms with Gasteiger partial charge in [-0.25, -0.2) is 8.42 Å². The van der Waals surface area contributed by atoms with Gasteiger partial charge in [0.05, 0.1) is 19.0 Å². The first kappa shape index (κ1) is 15.6. The fourth-order valence-corrected chi connectivity index (χ4v) is 2.32. The lowest BCUT2D eigenvalue weighted by Gasteiger charge is -2.13. The van der Waals surface area contributed by atoms with Crippen molar-refractivity contribution in [2.75, 3.05) is 31.3 Å². The van der Waals surface area contributed by atoms with Gasteiger partial charge in [-0.2, -0.15) is 0 Å². The number of rotatable bonds is 10. The average Bonchev–Trinajstić information content (AvgIpc) is 2.22. The van der Waals surface area contributed by atoms with Crippen LogP contribution >= 0.6 is 0 Å². The van der Waals surface area contributed by atoms with Crippen LogP contribution in [0, 0.1) is 0 Å². The maximum absolute atomic E-state index is 11.3. The molecular weight excluding hydrogens is 226 g/mol. The minimum absolute atomic E-state index is 0.0204. The van der Waals surface area contributed by atoms with Crippen molar-refractivity contribution in [1.29, 1.82) is 0 Å². The van der Waals surface area contributed by atoms with Gasteiger partial charge in [-0.1, -0.05) is 13.0 Å². The van der Waals surface area contributed by atoms with Gasteiger partial charge in [0.25, 0.3) is 0 Å². The summed E-state index contributed by atoms with van der Waals surface area (Å²) in [6, 6.07) is -0.0204. The van der Waals surface area contributed by atoms with E-state index in [0.29, 0.717) is 19.8 Å². The highest BCUT2D eigenvalue weighted by atomic mass is 32.2. The monoisotopic (exact) mass is 249 g/mol. The molecule has 96 valence electrons.